The molecule has 1 aromatic heterocycles. The number of nitrogens with zero attached hydrogens (tertiary/aromatic N) is 5. The lowest BCUT2D eigenvalue weighted by atomic mass is 10.2. The van der Waals surface area contributed by atoms with Crippen LogP contribution in [0.4, 0.5) is 11.4 Å². The first kappa shape index (κ1) is 17.0. The summed E-state index contributed by atoms with van der Waals surface area (Å²) in [5.41, 5.74) is 0.637. The van der Waals surface area contributed by atoms with Gasteiger partial charge in [0, 0.05) is 36.8 Å². The first-order chi connectivity index (χ1) is 12.5. The van der Waals surface area contributed by atoms with Gasteiger partial charge in [0.2, 0.25) is 5.91 Å². The third-order valence-electron chi connectivity index (χ3n) is 4.69. The van der Waals surface area contributed by atoms with E-state index in [0.717, 1.165) is 23.8 Å². The zero-order valence-electron chi connectivity index (χ0n) is 14.4. The van der Waals surface area contributed by atoms with E-state index >= 15 is 0 Å². The molecule has 136 valence electrons. The second-order valence-corrected chi connectivity index (χ2v) is 7.67. The Morgan fingerprint density at radius 2 is 1.96 bits per heavy atom. The van der Waals surface area contributed by atoms with E-state index in [9.17, 15) is 14.9 Å². The third-order valence-corrected chi connectivity index (χ3v) is 5.62. The first-order valence-electron chi connectivity index (χ1n) is 8.63. The molecule has 1 amide bonds. The molecular weight excluding hydrogens is 354 g/mol. The van der Waals surface area contributed by atoms with Gasteiger partial charge in [-0.15, -0.1) is 10.2 Å². The smallest absolute Gasteiger partial charge is 0.269 e. The number of non-ortho nitro benzene ring substituents is 1. The van der Waals surface area contributed by atoms with Crippen LogP contribution in [0.3, 0.4) is 0 Å². The van der Waals surface area contributed by atoms with Crippen molar-refractivity contribution in [1.29, 1.82) is 0 Å². The van der Waals surface area contributed by atoms with Crippen molar-refractivity contribution in [3.05, 3.63) is 40.2 Å². The van der Waals surface area contributed by atoms with Crippen LogP contribution in [0.1, 0.15) is 43.5 Å². The molecule has 0 spiro atoms. The number of hydrogen-bond acceptors (Lipinski definition) is 6. The van der Waals surface area contributed by atoms with E-state index in [-0.39, 0.29) is 17.3 Å². The Bertz CT molecular complexity index is 843. The molecule has 0 atom stereocenters. The molecule has 1 heterocycles. The maximum absolute atomic E-state index is 12.5. The molecule has 9 heteroatoms. The highest BCUT2D eigenvalue weighted by atomic mass is 32.2. The van der Waals surface area contributed by atoms with Crippen LogP contribution in [0.25, 0.3) is 0 Å². The second kappa shape index (κ2) is 6.71. The minimum atomic E-state index is -0.455. The summed E-state index contributed by atoms with van der Waals surface area (Å²) in [6.45, 7) is 0. The Kier molecular flexibility index (Phi) is 4.39. The Morgan fingerprint density at radius 1 is 1.27 bits per heavy atom. The van der Waals surface area contributed by atoms with Crippen molar-refractivity contribution in [1.82, 2.24) is 14.8 Å². The normalized spacial score (nSPS) is 16.5. The molecule has 4 rings (SSSR count). The van der Waals surface area contributed by atoms with Crippen molar-refractivity contribution < 1.29 is 9.72 Å². The number of hydrogen-bond donors (Lipinski definition) is 0. The van der Waals surface area contributed by atoms with Crippen molar-refractivity contribution in [2.24, 2.45) is 0 Å². The number of nitro benzene ring substituents is 1. The molecule has 0 saturated heterocycles. The third kappa shape index (κ3) is 3.44. The van der Waals surface area contributed by atoms with Crippen LogP contribution >= 0.6 is 11.8 Å². The summed E-state index contributed by atoms with van der Waals surface area (Å²) < 4.78 is 2.22. The molecular formula is C17H19N5O3S. The van der Waals surface area contributed by atoms with Gasteiger partial charge in [-0.2, -0.15) is 0 Å². The summed E-state index contributed by atoms with van der Waals surface area (Å²) in [7, 11) is 1.67. The van der Waals surface area contributed by atoms with Gasteiger partial charge in [-0.05, 0) is 37.8 Å². The largest absolute Gasteiger partial charge is 0.315 e. The molecule has 2 aliphatic rings. The molecule has 8 nitrogen and oxygen atoms in total. The molecule has 2 saturated carbocycles. The molecule has 2 fully saturated rings. The predicted molar refractivity (Wildman–Crippen MR) is 97.5 cm³/mol. The van der Waals surface area contributed by atoms with E-state index in [0.29, 0.717) is 17.6 Å². The Morgan fingerprint density at radius 3 is 2.54 bits per heavy atom. The van der Waals surface area contributed by atoms with Crippen LogP contribution in [-0.2, 0) is 4.79 Å². The average Bonchev–Trinajstić information content (AvgIpc) is 3.57. The lowest BCUT2D eigenvalue weighted by Gasteiger charge is -2.17. The Hall–Kier alpha value is -2.42. The monoisotopic (exact) mass is 373 g/mol. The zero-order chi connectivity index (χ0) is 18.3. The van der Waals surface area contributed by atoms with Gasteiger partial charge >= 0.3 is 0 Å². The number of anilines is 1. The van der Waals surface area contributed by atoms with E-state index < -0.39 is 4.92 Å². The predicted octanol–water partition coefficient (Wildman–Crippen LogP) is 3.15. The summed E-state index contributed by atoms with van der Waals surface area (Å²) in [5, 5.41) is 20.2. The van der Waals surface area contributed by atoms with E-state index in [1.54, 1.807) is 19.2 Å². The highest BCUT2D eigenvalue weighted by Crippen LogP contribution is 2.46. The van der Waals surface area contributed by atoms with Crippen LogP contribution in [0.15, 0.2) is 29.4 Å². The zero-order valence-corrected chi connectivity index (χ0v) is 15.2. The Labute approximate surface area is 154 Å². The summed E-state index contributed by atoms with van der Waals surface area (Å²) in [6, 6.07) is 6.46. The van der Waals surface area contributed by atoms with E-state index in [1.165, 1.54) is 41.6 Å². The average molecular weight is 373 g/mol. The van der Waals surface area contributed by atoms with Crippen LogP contribution in [0, 0.1) is 10.1 Å². The Balaban J connectivity index is 1.41. The van der Waals surface area contributed by atoms with Crippen molar-refractivity contribution in [2.75, 3.05) is 17.7 Å². The number of nitro groups is 1. The van der Waals surface area contributed by atoms with Crippen LogP contribution in [-0.4, -0.2) is 38.4 Å². The molecule has 0 N–H and O–H groups in total. The summed E-state index contributed by atoms with van der Waals surface area (Å²) in [6.07, 6.45) is 4.67. The standard InChI is InChI=1S/C17H19N5O3S/c1-20(12-4-8-14(9-5-12)22(24)25)15(23)10-26-17-19-18-16(11-2-3-11)21(17)13-6-7-13/h4-5,8-9,11,13H,2-3,6-7,10H2,1H3. The molecule has 26 heavy (non-hydrogen) atoms. The van der Waals surface area contributed by atoms with Gasteiger partial charge in [0.05, 0.1) is 10.7 Å². The van der Waals surface area contributed by atoms with E-state index in [1.807, 2.05) is 0 Å². The summed E-state index contributed by atoms with van der Waals surface area (Å²) in [5.74, 6) is 1.78. The topological polar surface area (TPSA) is 94.2 Å². The van der Waals surface area contributed by atoms with Crippen LogP contribution in [0.2, 0.25) is 0 Å². The van der Waals surface area contributed by atoms with E-state index in [4.69, 9.17) is 0 Å². The van der Waals surface area contributed by atoms with Crippen molar-refractivity contribution >= 4 is 29.0 Å². The highest BCUT2D eigenvalue weighted by Gasteiger charge is 2.36. The van der Waals surface area contributed by atoms with Crippen molar-refractivity contribution in [2.45, 2.75) is 42.8 Å². The van der Waals surface area contributed by atoms with Gasteiger partial charge in [0.15, 0.2) is 5.16 Å². The maximum atomic E-state index is 12.5. The minimum Gasteiger partial charge on any atom is -0.315 e. The SMILES string of the molecule is CN(C(=O)CSc1nnc(C2CC2)n1C1CC1)c1ccc([N+](=O)[O-])cc1. The van der Waals surface area contributed by atoms with Gasteiger partial charge < -0.3 is 9.47 Å². The number of thioether (sulfide) groups is 1. The van der Waals surface area contributed by atoms with Crippen molar-refractivity contribution in [3.8, 4) is 0 Å². The summed E-state index contributed by atoms with van der Waals surface area (Å²) >= 11 is 1.41. The first-order valence-corrected chi connectivity index (χ1v) is 9.61. The molecule has 2 aromatic rings. The van der Waals surface area contributed by atoms with Gasteiger partial charge in [-0.25, -0.2) is 0 Å². The lowest BCUT2D eigenvalue weighted by Crippen LogP contribution is -2.28. The fraction of sp³-hybridized carbons (Fsp3) is 0.471. The molecule has 2 aliphatic carbocycles. The molecule has 0 aliphatic heterocycles. The molecule has 0 unspecified atom stereocenters. The van der Waals surface area contributed by atoms with Crippen LogP contribution in [0.5, 0.6) is 0 Å². The molecule has 0 bridgehead atoms. The van der Waals surface area contributed by atoms with E-state index in [2.05, 4.69) is 14.8 Å². The molecule has 0 radical (unpaired) electrons. The fourth-order valence-corrected chi connectivity index (χ4v) is 3.77. The highest BCUT2D eigenvalue weighted by molar-refractivity contribution is 7.99. The fourth-order valence-electron chi connectivity index (χ4n) is 2.85. The number of carbonyl (C=O) groups excluding carboxylic acids is 1. The lowest BCUT2D eigenvalue weighted by molar-refractivity contribution is -0.384. The van der Waals surface area contributed by atoms with Gasteiger partial charge in [0.25, 0.3) is 5.69 Å². The number of aromatic nitrogens is 3. The summed E-state index contributed by atoms with van der Waals surface area (Å²) in [4.78, 5) is 24.3. The number of amides is 1. The number of rotatable bonds is 7. The quantitative estimate of drug-likeness (QED) is 0.420. The van der Waals surface area contributed by atoms with Crippen LogP contribution < -0.4 is 4.90 Å². The second-order valence-electron chi connectivity index (χ2n) is 6.73. The maximum Gasteiger partial charge on any atom is 0.269 e. The van der Waals surface area contributed by atoms with Gasteiger partial charge in [-0.1, -0.05) is 11.8 Å². The van der Waals surface area contributed by atoms with Gasteiger partial charge in [0.1, 0.15) is 5.82 Å². The number of carbonyl (C=O) groups is 1. The van der Waals surface area contributed by atoms with Crippen molar-refractivity contribution in [3.63, 3.8) is 0 Å². The minimum absolute atomic E-state index is 0.00844. The number of benzene rings is 1. The van der Waals surface area contributed by atoms with Gasteiger partial charge in [-0.3, -0.25) is 14.9 Å². The molecule has 1 aromatic carbocycles.